The monoisotopic (exact) mass is 340 g/mol. The number of piperazine rings is 1. The lowest BCUT2D eigenvalue weighted by atomic mass is 10.1. The number of hydrogen-bond acceptors (Lipinski definition) is 4. The Kier molecular flexibility index (Phi) is 5.95. The lowest BCUT2D eigenvalue weighted by Crippen LogP contribution is -2.47. The standard InChI is InChI=1S/C21H28N2O2/c1-3-25-19-10-8-18(9-11-19)21(24)16-22-12-14-23(15-13-22)20-7-5-4-6-17(20)2/h4-11,21,24H,3,12-16H2,1-2H3. The SMILES string of the molecule is CCOc1ccc(C(O)CN2CCN(c3ccccc3C)CC2)cc1. The molecule has 1 atom stereocenters. The van der Waals surface area contributed by atoms with Crippen LogP contribution < -0.4 is 9.64 Å². The van der Waals surface area contributed by atoms with Crippen molar-refractivity contribution in [3.8, 4) is 5.75 Å². The van der Waals surface area contributed by atoms with Crippen molar-refractivity contribution in [2.45, 2.75) is 20.0 Å². The van der Waals surface area contributed by atoms with Crippen molar-refractivity contribution < 1.29 is 9.84 Å². The summed E-state index contributed by atoms with van der Waals surface area (Å²) in [6, 6.07) is 16.3. The second kappa shape index (κ2) is 8.37. The van der Waals surface area contributed by atoms with Gasteiger partial charge in [0.1, 0.15) is 5.75 Å². The van der Waals surface area contributed by atoms with Crippen LogP contribution >= 0.6 is 0 Å². The first-order chi connectivity index (χ1) is 12.2. The van der Waals surface area contributed by atoms with Crippen LogP contribution in [0.2, 0.25) is 0 Å². The highest BCUT2D eigenvalue weighted by molar-refractivity contribution is 5.53. The van der Waals surface area contributed by atoms with Gasteiger partial charge < -0.3 is 14.7 Å². The Balaban J connectivity index is 1.52. The Bertz CT molecular complexity index is 664. The molecular weight excluding hydrogens is 312 g/mol. The predicted octanol–water partition coefficient (Wildman–Crippen LogP) is 3.25. The van der Waals surface area contributed by atoms with Crippen LogP contribution in [0.5, 0.6) is 5.75 Å². The number of benzene rings is 2. The van der Waals surface area contributed by atoms with Crippen LogP contribution in [0.25, 0.3) is 0 Å². The van der Waals surface area contributed by atoms with Gasteiger partial charge in [-0.2, -0.15) is 0 Å². The molecule has 1 heterocycles. The van der Waals surface area contributed by atoms with Crippen LogP contribution in [0.1, 0.15) is 24.2 Å². The molecule has 1 saturated heterocycles. The summed E-state index contributed by atoms with van der Waals surface area (Å²) in [5.41, 5.74) is 3.60. The quantitative estimate of drug-likeness (QED) is 0.876. The smallest absolute Gasteiger partial charge is 0.119 e. The Labute approximate surface area is 150 Å². The average molecular weight is 340 g/mol. The van der Waals surface area contributed by atoms with E-state index >= 15 is 0 Å². The lowest BCUT2D eigenvalue weighted by Gasteiger charge is -2.37. The zero-order valence-corrected chi connectivity index (χ0v) is 15.2. The topological polar surface area (TPSA) is 35.9 Å². The minimum atomic E-state index is -0.458. The number of hydrogen-bond donors (Lipinski definition) is 1. The van der Waals surface area contributed by atoms with E-state index in [1.807, 2.05) is 31.2 Å². The van der Waals surface area contributed by atoms with Crippen LogP contribution in [-0.4, -0.2) is 49.3 Å². The molecule has 25 heavy (non-hydrogen) atoms. The second-order valence-corrected chi connectivity index (χ2v) is 6.59. The Morgan fingerprint density at radius 1 is 1.00 bits per heavy atom. The normalized spacial score (nSPS) is 16.7. The van der Waals surface area contributed by atoms with Crippen molar-refractivity contribution in [3.05, 3.63) is 59.7 Å². The number of ether oxygens (including phenoxy) is 1. The van der Waals surface area contributed by atoms with Crippen LogP contribution in [0, 0.1) is 6.92 Å². The highest BCUT2D eigenvalue weighted by Gasteiger charge is 2.20. The van der Waals surface area contributed by atoms with Gasteiger partial charge in [-0.25, -0.2) is 0 Å². The van der Waals surface area contributed by atoms with Gasteiger partial charge >= 0.3 is 0 Å². The molecule has 0 radical (unpaired) electrons. The summed E-state index contributed by atoms with van der Waals surface area (Å²) in [6.45, 7) is 9.42. The van der Waals surface area contributed by atoms with Gasteiger partial charge in [-0.3, -0.25) is 4.90 Å². The fourth-order valence-electron chi connectivity index (χ4n) is 3.39. The molecule has 2 aromatic carbocycles. The third-order valence-corrected chi connectivity index (χ3v) is 4.84. The molecule has 1 fully saturated rings. The van der Waals surface area contributed by atoms with E-state index < -0.39 is 6.10 Å². The molecule has 1 unspecified atom stereocenters. The third kappa shape index (κ3) is 4.53. The lowest BCUT2D eigenvalue weighted by molar-refractivity contribution is 0.109. The minimum absolute atomic E-state index is 0.458. The molecule has 1 aliphatic heterocycles. The largest absolute Gasteiger partial charge is 0.494 e. The summed E-state index contributed by atoms with van der Waals surface area (Å²) in [5.74, 6) is 0.852. The van der Waals surface area contributed by atoms with Crippen LogP contribution in [0.4, 0.5) is 5.69 Å². The van der Waals surface area contributed by atoms with Crippen molar-refractivity contribution in [3.63, 3.8) is 0 Å². The molecule has 0 bridgehead atoms. The summed E-state index contributed by atoms with van der Waals surface area (Å²) < 4.78 is 5.46. The molecule has 1 aliphatic rings. The number of anilines is 1. The minimum Gasteiger partial charge on any atom is -0.494 e. The molecule has 0 aromatic heterocycles. The average Bonchev–Trinajstić information content (AvgIpc) is 2.64. The number of para-hydroxylation sites is 1. The highest BCUT2D eigenvalue weighted by Crippen LogP contribution is 2.23. The second-order valence-electron chi connectivity index (χ2n) is 6.59. The molecule has 4 nitrogen and oxygen atoms in total. The van der Waals surface area contributed by atoms with E-state index in [2.05, 4.69) is 41.0 Å². The summed E-state index contributed by atoms with van der Waals surface area (Å²) in [5, 5.41) is 10.5. The molecular formula is C21H28N2O2. The maximum atomic E-state index is 10.5. The van der Waals surface area contributed by atoms with E-state index in [-0.39, 0.29) is 0 Å². The van der Waals surface area contributed by atoms with Gasteiger partial charge in [0.05, 0.1) is 12.7 Å². The van der Waals surface area contributed by atoms with Crippen molar-refractivity contribution in [2.75, 3.05) is 44.2 Å². The van der Waals surface area contributed by atoms with Gasteiger partial charge in [0.25, 0.3) is 0 Å². The van der Waals surface area contributed by atoms with Crippen molar-refractivity contribution in [1.29, 1.82) is 0 Å². The number of aryl methyl sites for hydroxylation is 1. The molecule has 0 saturated carbocycles. The first-order valence-corrected chi connectivity index (χ1v) is 9.11. The molecule has 0 aliphatic carbocycles. The van der Waals surface area contributed by atoms with Gasteiger partial charge in [0, 0.05) is 38.4 Å². The maximum absolute atomic E-state index is 10.5. The number of nitrogens with zero attached hydrogens (tertiary/aromatic N) is 2. The molecule has 1 N–H and O–H groups in total. The van der Waals surface area contributed by atoms with Crippen molar-refractivity contribution in [2.24, 2.45) is 0 Å². The maximum Gasteiger partial charge on any atom is 0.119 e. The number of β-amino-alcohol motifs (C(OH)–C–C–N with tert-alkyl or cyclic N) is 1. The third-order valence-electron chi connectivity index (χ3n) is 4.84. The fraction of sp³-hybridized carbons (Fsp3) is 0.429. The molecule has 0 spiro atoms. The molecule has 4 heteroatoms. The van der Waals surface area contributed by atoms with E-state index in [1.165, 1.54) is 11.3 Å². The first-order valence-electron chi connectivity index (χ1n) is 9.11. The predicted molar refractivity (Wildman–Crippen MR) is 102 cm³/mol. The Morgan fingerprint density at radius 3 is 2.32 bits per heavy atom. The van der Waals surface area contributed by atoms with E-state index in [1.54, 1.807) is 0 Å². The Morgan fingerprint density at radius 2 is 1.68 bits per heavy atom. The fourth-order valence-corrected chi connectivity index (χ4v) is 3.39. The van der Waals surface area contributed by atoms with Crippen LogP contribution in [0.15, 0.2) is 48.5 Å². The zero-order chi connectivity index (χ0) is 17.6. The van der Waals surface area contributed by atoms with Gasteiger partial charge in [0.2, 0.25) is 0 Å². The summed E-state index contributed by atoms with van der Waals surface area (Å²) in [4.78, 5) is 4.78. The summed E-state index contributed by atoms with van der Waals surface area (Å²) in [6.07, 6.45) is -0.458. The highest BCUT2D eigenvalue weighted by atomic mass is 16.5. The number of rotatable bonds is 6. The van der Waals surface area contributed by atoms with Crippen molar-refractivity contribution in [1.82, 2.24) is 4.90 Å². The summed E-state index contributed by atoms with van der Waals surface area (Å²) >= 11 is 0. The zero-order valence-electron chi connectivity index (χ0n) is 15.2. The molecule has 2 aromatic rings. The Hall–Kier alpha value is -2.04. The first kappa shape index (κ1) is 17.8. The van der Waals surface area contributed by atoms with Gasteiger partial charge in [0.15, 0.2) is 0 Å². The van der Waals surface area contributed by atoms with Crippen molar-refractivity contribution >= 4 is 5.69 Å². The van der Waals surface area contributed by atoms with Gasteiger partial charge in [-0.05, 0) is 43.2 Å². The van der Waals surface area contributed by atoms with E-state index in [4.69, 9.17) is 4.74 Å². The molecule has 134 valence electrons. The summed E-state index contributed by atoms with van der Waals surface area (Å²) in [7, 11) is 0. The van der Waals surface area contributed by atoms with Gasteiger partial charge in [-0.15, -0.1) is 0 Å². The molecule has 0 amide bonds. The van der Waals surface area contributed by atoms with E-state index in [0.29, 0.717) is 13.2 Å². The number of aliphatic hydroxyl groups is 1. The molecule has 3 rings (SSSR count). The van der Waals surface area contributed by atoms with Crippen LogP contribution in [-0.2, 0) is 0 Å². The van der Waals surface area contributed by atoms with E-state index in [9.17, 15) is 5.11 Å². The van der Waals surface area contributed by atoms with Crippen LogP contribution in [0.3, 0.4) is 0 Å². The number of aliphatic hydroxyl groups excluding tert-OH is 1. The van der Waals surface area contributed by atoms with Gasteiger partial charge in [-0.1, -0.05) is 30.3 Å². The van der Waals surface area contributed by atoms with E-state index in [0.717, 1.165) is 37.5 Å².